The van der Waals surface area contributed by atoms with E-state index in [1.54, 1.807) is 11.3 Å². The number of rotatable bonds is 5. The van der Waals surface area contributed by atoms with Crippen LogP contribution in [-0.2, 0) is 13.0 Å². The highest BCUT2D eigenvalue weighted by molar-refractivity contribution is 14.1. The zero-order chi connectivity index (χ0) is 12.1. The molecule has 0 saturated heterocycles. The van der Waals surface area contributed by atoms with Gasteiger partial charge in [0.25, 0.3) is 0 Å². The average Bonchev–Trinajstić information content (AvgIpc) is 2.73. The van der Waals surface area contributed by atoms with Crippen molar-refractivity contribution in [1.82, 2.24) is 5.32 Å². The van der Waals surface area contributed by atoms with Crippen LogP contribution in [0.3, 0.4) is 0 Å². The molecule has 0 aliphatic heterocycles. The van der Waals surface area contributed by atoms with Crippen LogP contribution in [0.4, 0.5) is 0 Å². The summed E-state index contributed by atoms with van der Waals surface area (Å²) in [6, 6.07) is 12.7. The van der Waals surface area contributed by atoms with Crippen LogP contribution in [0.2, 0.25) is 4.34 Å². The number of hydrogen-bond donors (Lipinski definition) is 1. The fourth-order valence-electron chi connectivity index (χ4n) is 1.53. The van der Waals surface area contributed by atoms with E-state index in [1.165, 1.54) is 14.0 Å². The minimum absolute atomic E-state index is 0.873. The van der Waals surface area contributed by atoms with Gasteiger partial charge in [0.2, 0.25) is 0 Å². The van der Waals surface area contributed by atoms with E-state index >= 15 is 0 Å². The summed E-state index contributed by atoms with van der Waals surface area (Å²) >= 11 is 9.86. The van der Waals surface area contributed by atoms with Gasteiger partial charge < -0.3 is 5.32 Å². The molecule has 4 heteroatoms. The largest absolute Gasteiger partial charge is 0.312 e. The lowest BCUT2D eigenvalue weighted by Gasteiger charge is -2.04. The Bertz CT molecular complexity index is 467. The molecule has 0 aliphatic carbocycles. The minimum atomic E-state index is 0.873. The van der Waals surface area contributed by atoms with Gasteiger partial charge in [-0.1, -0.05) is 23.7 Å². The van der Waals surface area contributed by atoms with Crippen LogP contribution in [-0.4, -0.2) is 6.54 Å². The molecular weight excluding hydrogens is 365 g/mol. The van der Waals surface area contributed by atoms with Crippen LogP contribution in [0.15, 0.2) is 36.4 Å². The van der Waals surface area contributed by atoms with Crippen molar-refractivity contribution >= 4 is 45.5 Å². The second-order valence-electron chi connectivity index (χ2n) is 3.76. The predicted octanol–water partition coefficient (Wildman–Crippen LogP) is 4.34. The molecule has 1 heterocycles. The molecule has 1 N–H and O–H groups in total. The van der Waals surface area contributed by atoms with Crippen molar-refractivity contribution in [3.8, 4) is 0 Å². The SMILES string of the molecule is Clc1ccc(CCNCc2ccc(I)cc2)s1. The molecule has 1 aromatic carbocycles. The molecule has 0 amide bonds. The van der Waals surface area contributed by atoms with Gasteiger partial charge in [-0.3, -0.25) is 0 Å². The van der Waals surface area contributed by atoms with Crippen molar-refractivity contribution < 1.29 is 0 Å². The van der Waals surface area contributed by atoms with E-state index < -0.39 is 0 Å². The third-order valence-electron chi connectivity index (χ3n) is 2.42. The van der Waals surface area contributed by atoms with Gasteiger partial charge in [0.1, 0.15) is 0 Å². The number of thiophene rings is 1. The first-order valence-electron chi connectivity index (χ1n) is 5.43. The molecule has 0 unspecified atom stereocenters. The van der Waals surface area contributed by atoms with Crippen molar-refractivity contribution in [1.29, 1.82) is 0 Å². The topological polar surface area (TPSA) is 12.0 Å². The fraction of sp³-hybridized carbons (Fsp3) is 0.231. The first kappa shape index (κ1) is 13.3. The summed E-state index contributed by atoms with van der Waals surface area (Å²) in [5.74, 6) is 0. The van der Waals surface area contributed by atoms with Gasteiger partial charge in [-0.2, -0.15) is 0 Å². The van der Waals surface area contributed by atoms with Crippen LogP contribution in [0.5, 0.6) is 0 Å². The lowest BCUT2D eigenvalue weighted by molar-refractivity contribution is 0.690. The highest BCUT2D eigenvalue weighted by atomic mass is 127. The van der Waals surface area contributed by atoms with Crippen LogP contribution in [0.25, 0.3) is 0 Å². The van der Waals surface area contributed by atoms with E-state index in [1.807, 2.05) is 6.07 Å². The number of halogens is 2. The zero-order valence-electron chi connectivity index (χ0n) is 9.25. The molecular formula is C13H13ClINS. The highest BCUT2D eigenvalue weighted by Crippen LogP contribution is 2.21. The lowest BCUT2D eigenvalue weighted by atomic mass is 10.2. The Morgan fingerprint density at radius 3 is 2.53 bits per heavy atom. The lowest BCUT2D eigenvalue weighted by Crippen LogP contribution is -2.16. The van der Waals surface area contributed by atoms with Crippen molar-refractivity contribution in [3.63, 3.8) is 0 Å². The quantitative estimate of drug-likeness (QED) is 0.604. The van der Waals surface area contributed by atoms with Gasteiger partial charge in [0.05, 0.1) is 4.34 Å². The highest BCUT2D eigenvalue weighted by Gasteiger charge is 1.98. The molecule has 0 aliphatic rings. The van der Waals surface area contributed by atoms with Crippen LogP contribution in [0.1, 0.15) is 10.4 Å². The van der Waals surface area contributed by atoms with E-state index in [9.17, 15) is 0 Å². The summed E-state index contributed by atoms with van der Waals surface area (Å²) in [6.45, 7) is 1.92. The Balaban J connectivity index is 1.71. The zero-order valence-corrected chi connectivity index (χ0v) is 13.0. The van der Waals surface area contributed by atoms with Gasteiger partial charge in [-0.05, 0) is 58.8 Å². The third kappa shape index (κ3) is 4.58. The summed E-state index contributed by atoms with van der Waals surface area (Å²) < 4.78 is 2.15. The fourth-order valence-corrected chi connectivity index (χ4v) is 2.98. The van der Waals surface area contributed by atoms with Crippen molar-refractivity contribution in [2.45, 2.75) is 13.0 Å². The van der Waals surface area contributed by atoms with Gasteiger partial charge in [-0.25, -0.2) is 0 Å². The van der Waals surface area contributed by atoms with Gasteiger partial charge in [0.15, 0.2) is 0 Å². The number of nitrogens with one attached hydrogen (secondary N) is 1. The minimum Gasteiger partial charge on any atom is -0.312 e. The first-order valence-corrected chi connectivity index (χ1v) is 7.71. The smallest absolute Gasteiger partial charge is 0.0931 e. The monoisotopic (exact) mass is 377 g/mol. The standard InChI is InChI=1S/C13H13ClINS/c14-13-6-5-12(17-13)7-8-16-9-10-1-3-11(15)4-2-10/h1-6,16H,7-9H2. The number of hydrogen-bond acceptors (Lipinski definition) is 2. The Hall–Kier alpha value is -0.100. The maximum atomic E-state index is 5.88. The molecule has 0 atom stereocenters. The Morgan fingerprint density at radius 2 is 1.88 bits per heavy atom. The molecule has 2 aromatic rings. The molecule has 90 valence electrons. The molecule has 0 saturated carbocycles. The molecule has 17 heavy (non-hydrogen) atoms. The number of benzene rings is 1. The average molecular weight is 378 g/mol. The van der Waals surface area contributed by atoms with E-state index in [0.717, 1.165) is 23.8 Å². The molecule has 0 radical (unpaired) electrons. The molecule has 0 bridgehead atoms. The van der Waals surface area contributed by atoms with Crippen molar-refractivity contribution in [2.75, 3.05) is 6.54 Å². The molecule has 0 spiro atoms. The third-order valence-corrected chi connectivity index (χ3v) is 4.43. The summed E-state index contributed by atoms with van der Waals surface area (Å²) in [6.07, 6.45) is 1.04. The Morgan fingerprint density at radius 1 is 1.12 bits per heavy atom. The van der Waals surface area contributed by atoms with Crippen LogP contribution >= 0.6 is 45.5 Å². The van der Waals surface area contributed by atoms with Gasteiger partial charge in [-0.15, -0.1) is 11.3 Å². The van der Waals surface area contributed by atoms with Gasteiger partial charge in [0, 0.05) is 21.5 Å². The maximum absolute atomic E-state index is 5.88. The molecule has 0 fully saturated rings. The van der Waals surface area contributed by atoms with E-state index in [2.05, 4.69) is 58.2 Å². The van der Waals surface area contributed by atoms with Crippen LogP contribution in [0, 0.1) is 3.57 Å². The second-order valence-corrected chi connectivity index (χ2v) is 6.80. The predicted molar refractivity (Wildman–Crippen MR) is 83.9 cm³/mol. The molecule has 2 rings (SSSR count). The Labute approximate surface area is 124 Å². The van der Waals surface area contributed by atoms with Crippen molar-refractivity contribution in [3.05, 3.63) is 54.7 Å². The molecule has 1 aromatic heterocycles. The summed E-state index contributed by atoms with van der Waals surface area (Å²) in [5.41, 5.74) is 1.33. The van der Waals surface area contributed by atoms with Crippen molar-refractivity contribution in [2.24, 2.45) is 0 Å². The van der Waals surface area contributed by atoms with Crippen LogP contribution < -0.4 is 5.32 Å². The Kier molecular flexibility index (Phi) is 5.28. The maximum Gasteiger partial charge on any atom is 0.0931 e. The summed E-state index contributed by atoms with van der Waals surface area (Å²) in [4.78, 5) is 1.34. The van der Waals surface area contributed by atoms with Gasteiger partial charge >= 0.3 is 0 Å². The first-order chi connectivity index (χ1) is 8.24. The van der Waals surface area contributed by atoms with E-state index in [0.29, 0.717) is 0 Å². The summed E-state index contributed by atoms with van der Waals surface area (Å²) in [7, 11) is 0. The normalized spacial score (nSPS) is 10.7. The van der Waals surface area contributed by atoms with E-state index in [4.69, 9.17) is 11.6 Å². The summed E-state index contributed by atoms with van der Waals surface area (Å²) in [5, 5.41) is 3.44. The second kappa shape index (κ2) is 6.73. The van der Waals surface area contributed by atoms with E-state index in [-0.39, 0.29) is 0 Å². The molecule has 1 nitrogen and oxygen atoms in total.